The summed E-state index contributed by atoms with van der Waals surface area (Å²) in [5, 5.41) is 3.36. The number of nitrogens with one attached hydrogen (secondary N) is 1. The maximum atomic E-state index is 12.4. The van der Waals surface area contributed by atoms with E-state index in [0.29, 0.717) is 6.61 Å². The van der Waals surface area contributed by atoms with Gasteiger partial charge in [0, 0.05) is 11.0 Å². The fraction of sp³-hybridized carbons (Fsp3) is 0.933. The van der Waals surface area contributed by atoms with Crippen molar-refractivity contribution in [2.75, 3.05) is 6.61 Å². The van der Waals surface area contributed by atoms with Crippen molar-refractivity contribution in [3.05, 3.63) is 0 Å². The van der Waals surface area contributed by atoms with Crippen molar-refractivity contribution in [2.24, 2.45) is 5.41 Å². The molecule has 0 unspecified atom stereocenters. The second-order valence-corrected chi connectivity index (χ2v) is 7.98. The third-order valence-corrected chi connectivity index (χ3v) is 2.35. The molecule has 0 amide bonds. The fourth-order valence-electron chi connectivity index (χ4n) is 1.56. The Kier molecular flexibility index (Phi) is 5.57. The van der Waals surface area contributed by atoms with E-state index in [1.54, 1.807) is 0 Å². The van der Waals surface area contributed by atoms with E-state index in [-0.39, 0.29) is 28.4 Å². The molecule has 0 bridgehead atoms. The second kappa shape index (κ2) is 5.70. The summed E-state index contributed by atoms with van der Waals surface area (Å²) in [6, 6.07) is -0.260. The van der Waals surface area contributed by atoms with Gasteiger partial charge in [-0.2, -0.15) is 0 Å². The Labute approximate surface area is 113 Å². The summed E-state index contributed by atoms with van der Waals surface area (Å²) in [6.07, 6.45) is 0. The predicted molar refractivity (Wildman–Crippen MR) is 76.8 cm³/mol. The smallest absolute Gasteiger partial charge is 0.157 e. The largest absolute Gasteiger partial charge is 0.374 e. The van der Waals surface area contributed by atoms with Gasteiger partial charge in [0.25, 0.3) is 0 Å². The molecule has 18 heavy (non-hydrogen) atoms. The van der Waals surface area contributed by atoms with Crippen molar-refractivity contribution in [1.29, 1.82) is 0 Å². The van der Waals surface area contributed by atoms with Crippen LogP contribution in [-0.4, -0.2) is 29.6 Å². The van der Waals surface area contributed by atoms with Crippen LogP contribution in [0.2, 0.25) is 0 Å². The molecule has 0 saturated heterocycles. The van der Waals surface area contributed by atoms with Gasteiger partial charge in [-0.15, -0.1) is 0 Å². The van der Waals surface area contributed by atoms with Crippen LogP contribution in [-0.2, 0) is 9.53 Å². The van der Waals surface area contributed by atoms with Crippen molar-refractivity contribution in [3.63, 3.8) is 0 Å². The van der Waals surface area contributed by atoms with Crippen molar-refractivity contribution in [2.45, 2.75) is 79.5 Å². The van der Waals surface area contributed by atoms with Gasteiger partial charge in [-0.1, -0.05) is 20.8 Å². The molecule has 0 saturated carbocycles. The molecular formula is C15H31NO2. The Morgan fingerprint density at radius 3 is 1.72 bits per heavy atom. The topological polar surface area (TPSA) is 38.3 Å². The molecule has 0 aromatic heterocycles. The third kappa shape index (κ3) is 7.83. The molecule has 0 aliphatic carbocycles. The van der Waals surface area contributed by atoms with Gasteiger partial charge in [0.05, 0.1) is 18.2 Å². The van der Waals surface area contributed by atoms with Crippen LogP contribution in [0.5, 0.6) is 0 Å². The molecule has 0 radical (unpaired) electrons. The number of hydrogen-bond acceptors (Lipinski definition) is 3. The van der Waals surface area contributed by atoms with Gasteiger partial charge in [0.15, 0.2) is 5.78 Å². The first kappa shape index (κ1) is 17.6. The minimum Gasteiger partial charge on any atom is -0.374 e. The summed E-state index contributed by atoms with van der Waals surface area (Å²) in [5.41, 5.74) is -0.688. The number of rotatable bonds is 4. The van der Waals surface area contributed by atoms with Gasteiger partial charge in [-0.3, -0.25) is 4.79 Å². The number of carbonyl (C=O) groups is 1. The molecule has 1 atom stereocenters. The normalized spacial score (nSPS) is 15.6. The molecule has 0 rings (SSSR count). The predicted octanol–water partition coefficient (Wildman–Crippen LogP) is 3.17. The molecule has 0 aromatic carbocycles. The molecule has 0 aliphatic rings. The van der Waals surface area contributed by atoms with Gasteiger partial charge in [0.1, 0.15) is 0 Å². The van der Waals surface area contributed by atoms with Crippen LogP contribution < -0.4 is 5.32 Å². The lowest BCUT2D eigenvalue weighted by molar-refractivity contribution is -0.132. The van der Waals surface area contributed by atoms with Gasteiger partial charge < -0.3 is 10.1 Å². The first-order chi connectivity index (χ1) is 7.72. The van der Waals surface area contributed by atoms with Crippen molar-refractivity contribution < 1.29 is 9.53 Å². The monoisotopic (exact) mass is 257 g/mol. The SMILES string of the molecule is CC(C)(C)N[C@H](COC(C)(C)C)C(=O)C(C)(C)C. The quantitative estimate of drug-likeness (QED) is 0.840. The highest BCUT2D eigenvalue weighted by molar-refractivity contribution is 5.88. The summed E-state index contributed by atoms with van der Waals surface area (Å²) in [6.45, 7) is 18.5. The fourth-order valence-corrected chi connectivity index (χ4v) is 1.56. The number of carbonyl (C=O) groups excluding carboxylic acids is 1. The summed E-state index contributed by atoms with van der Waals surface area (Å²) < 4.78 is 5.77. The van der Waals surface area contributed by atoms with E-state index in [9.17, 15) is 4.79 Å². The molecule has 1 N–H and O–H groups in total. The first-order valence-corrected chi connectivity index (χ1v) is 6.68. The van der Waals surface area contributed by atoms with E-state index in [1.807, 2.05) is 41.5 Å². The van der Waals surface area contributed by atoms with Gasteiger partial charge in [-0.25, -0.2) is 0 Å². The number of Topliss-reactive ketones (excluding diaryl/α,β-unsaturated/α-hetero) is 1. The number of ether oxygens (including phenoxy) is 1. The molecule has 0 heterocycles. The van der Waals surface area contributed by atoms with Crippen LogP contribution >= 0.6 is 0 Å². The van der Waals surface area contributed by atoms with Crippen LogP contribution in [0.15, 0.2) is 0 Å². The zero-order valence-corrected chi connectivity index (χ0v) is 13.6. The number of hydrogen-bond donors (Lipinski definition) is 1. The molecule has 0 fully saturated rings. The average molecular weight is 257 g/mol. The summed E-state index contributed by atoms with van der Waals surface area (Å²) in [5.74, 6) is 0.196. The van der Waals surface area contributed by atoms with Crippen molar-refractivity contribution in [3.8, 4) is 0 Å². The van der Waals surface area contributed by atoms with Crippen LogP contribution in [0.25, 0.3) is 0 Å². The highest BCUT2D eigenvalue weighted by Crippen LogP contribution is 2.19. The number of ketones is 1. The van der Waals surface area contributed by atoms with E-state index in [4.69, 9.17) is 4.74 Å². The van der Waals surface area contributed by atoms with Gasteiger partial charge in [-0.05, 0) is 41.5 Å². The maximum Gasteiger partial charge on any atom is 0.157 e. The maximum absolute atomic E-state index is 12.4. The zero-order chi connectivity index (χ0) is 14.8. The Morgan fingerprint density at radius 1 is 1.00 bits per heavy atom. The molecule has 0 aromatic rings. The standard InChI is InChI=1S/C15H31NO2/c1-13(2,3)12(17)11(16-14(4,5)6)10-18-15(7,8)9/h11,16H,10H2,1-9H3/t11-/m1/s1. The Hall–Kier alpha value is -0.410. The molecule has 108 valence electrons. The van der Waals surface area contributed by atoms with Crippen molar-refractivity contribution >= 4 is 5.78 Å². The minimum absolute atomic E-state index is 0.104. The summed E-state index contributed by atoms with van der Waals surface area (Å²) in [7, 11) is 0. The van der Waals surface area contributed by atoms with Gasteiger partial charge in [0.2, 0.25) is 0 Å². The van der Waals surface area contributed by atoms with Crippen LogP contribution in [0.4, 0.5) is 0 Å². The molecule has 3 nitrogen and oxygen atoms in total. The Bertz CT molecular complexity index is 276. The minimum atomic E-state index is -0.357. The van der Waals surface area contributed by atoms with Crippen LogP contribution in [0.1, 0.15) is 62.3 Å². The zero-order valence-electron chi connectivity index (χ0n) is 13.6. The lowest BCUT2D eigenvalue weighted by Crippen LogP contribution is -2.53. The highest BCUT2D eigenvalue weighted by Gasteiger charge is 2.32. The lowest BCUT2D eigenvalue weighted by Gasteiger charge is -2.33. The lowest BCUT2D eigenvalue weighted by atomic mass is 9.85. The second-order valence-electron chi connectivity index (χ2n) is 7.98. The van der Waals surface area contributed by atoms with E-state index in [2.05, 4.69) is 26.1 Å². The van der Waals surface area contributed by atoms with Crippen LogP contribution in [0, 0.1) is 5.41 Å². The summed E-state index contributed by atoms with van der Waals surface area (Å²) in [4.78, 5) is 12.4. The van der Waals surface area contributed by atoms with Crippen molar-refractivity contribution in [1.82, 2.24) is 5.32 Å². The summed E-state index contributed by atoms with van der Waals surface area (Å²) >= 11 is 0. The third-order valence-electron chi connectivity index (χ3n) is 2.35. The molecule has 0 spiro atoms. The highest BCUT2D eigenvalue weighted by atomic mass is 16.5. The van der Waals surface area contributed by atoms with Gasteiger partial charge >= 0.3 is 0 Å². The Balaban J connectivity index is 4.80. The van der Waals surface area contributed by atoms with Crippen LogP contribution in [0.3, 0.4) is 0 Å². The van der Waals surface area contributed by atoms with E-state index >= 15 is 0 Å². The molecular weight excluding hydrogens is 226 g/mol. The molecule has 3 heteroatoms. The van der Waals surface area contributed by atoms with E-state index in [0.717, 1.165) is 0 Å². The van der Waals surface area contributed by atoms with E-state index < -0.39 is 0 Å². The molecule has 0 aliphatic heterocycles. The first-order valence-electron chi connectivity index (χ1n) is 6.68. The van der Waals surface area contributed by atoms with E-state index in [1.165, 1.54) is 0 Å². The Morgan fingerprint density at radius 2 is 1.44 bits per heavy atom. The average Bonchev–Trinajstić information content (AvgIpc) is 2.06.